The summed E-state index contributed by atoms with van der Waals surface area (Å²) in [4.78, 5) is 12.6. The Kier molecular flexibility index (Phi) is 5.90. The lowest BCUT2D eigenvalue weighted by Crippen LogP contribution is -2.26. The Labute approximate surface area is 174 Å². The van der Waals surface area contributed by atoms with Crippen molar-refractivity contribution in [1.29, 1.82) is 0 Å². The van der Waals surface area contributed by atoms with Gasteiger partial charge in [0.05, 0.1) is 17.3 Å². The Hall–Kier alpha value is -2.52. The molecule has 3 aromatic rings. The highest BCUT2D eigenvalue weighted by Gasteiger charge is 2.39. The molecule has 154 valence electrons. The van der Waals surface area contributed by atoms with Crippen LogP contribution in [0.1, 0.15) is 29.9 Å². The molecule has 11 heteroatoms. The zero-order chi connectivity index (χ0) is 21.3. The van der Waals surface area contributed by atoms with Crippen LogP contribution in [0.4, 0.5) is 19.0 Å². The van der Waals surface area contributed by atoms with Gasteiger partial charge < -0.3 is 5.32 Å². The van der Waals surface area contributed by atoms with Crippen LogP contribution in [-0.4, -0.2) is 25.5 Å². The largest absolute Gasteiger partial charge is 0.436 e. The number of carbonyl (C=O) groups is 1. The second kappa shape index (κ2) is 8.08. The second-order valence-electron chi connectivity index (χ2n) is 6.36. The lowest BCUT2D eigenvalue weighted by atomic mass is 10.2. The van der Waals surface area contributed by atoms with Crippen molar-refractivity contribution in [3.05, 3.63) is 63.5 Å². The third-order valence-electron chi connectivity index (χ3n) is 4.24. The molecular weight excluding hydrogens is 430 g/mol. The molecule has 0 saturated heterocycles. The minimum Gasteiger partial charge on any atom is -0.306 e. The van der Waals surface area contributed by atoms with Gasteiger partial charge in [-0.1, -0.05) is 53.5 Å². The molecule has 0 bridgehead atoms. The van der Waals surface area contributed by atoms with Crippen molar-refractivity contribution >= 4 is 34.9 Å². The van der Waals surface area contributed by atoms with Crippen LogP contribution in [0.25, 0.3) is 0 Å². The van der Waals surface area contributed by atoms with Gasteiger partial charge in [0.25, 0.3) is 0 Å². The predicted octanol–water partition coefficient (Wildman–Crippen LogP) is 4.96. The first kappa shape index (κ1) is 21.2. The monoisotopic (exact) mass is 445 g/mol. The summed E-state index contributed by atoms with van der Waals surface area (Å²) < 4.78 is 41.5. The summed E-state index contributed by atoms with van der Waals surface area (Å²) in [5.74, 6) is -0.528. The number of rotatable bonds is 5. The highest BCUT2D eigenvalue weighted by Crippen LogP contribution is 2.36. The zero-order valence-corrected chi connectivity index (χ0v) is 16.8. The van der Waals surface area contributed by atoms with E-state index in [2.05, 4.69) is 15.5 Å². The highest BCUT2D eigenvalue weighted by atomic mass is 35.5. The van der Waals surface area contributed by atoms with E-state index in [1.54, 1.807) is 10.9 Å². The molecule has 1 atom stereocenters. The molecule has 0 fully saturated rings. The first-order valence-corrected chi connectivity index (χ1v) is 9.23. The van der Waals surface area contributed by atoms with E-state index in [0.29, 0.717) is 6.54 Å². The smallest absolute Gasteiger partial charge is 0.306 e. The maximum atomic E-state index is 13.0. The standard InChI is InChI=1S/C18H16Cl2F3N5O/c1-10-14(20)15(18(21,22)23)25-28(10)11(2)17(29)24-16-13(19)9-27(26-16)8-12-6-4-3-5-7-12/h3-7,9,11H,8H2,1-2H3,(H,24,26,29). The first-order valence-electron chi connectivity index (χ1n) is 8.47. The summed E-state index contributed by atoms with van der Waals surface area (Å²) in [5.41, 5.74) is -0.219. The van der Waals surface area contributed by atoms with E-state index < -0.39 is 28.8 Å². The molecule has 0 spiro atoms. The lowest BCUT2D eigenvalue weighted by Gasteiger charge is -2.13. The van der Waals surface area contributed by atoms with Crippen molar-refractivity contribution in [3.63, 3.8) is 0 Å². The van der Waals surface area contributed by atoms with E-state index in [4.69, 9.17) is 23.2 Å². The van der Waals surface area contributed by atoms with Crippen molar-refractivity contribution < 1.29 is 18.0 Å². The molecule has 0 aliphatic carbocycles. The Balaban J connectivity index is 1.77. The van der Waals surface area contributed by atoms with Crippen molar-refractivity contribution in [2.24, 2.45) is 0 Å². The summed E-state index contributed by atoms with van der Waals surface area (Å²) in [5, 5.41) is 9.87. The fraction of sp³-hybridized carbons (Fsp3) is 0.278. The minimum atomic E-state index is -4.72. The molecule has 29 heavy (non-hydrogen) atoms. The van der Waals surface area contributed by atoms with Gasteiger partial charge in [-0.3, -0.25) is 14.2 Å². The van der Waals surface area contributed by atoms with E-state index in [1.165, 1.54) is 13.8 Å². The topological polar surface area (TPSA) is 64.7 Å². The molecule has 2 aromatic heterocycles. The number of hydrogen-bond donors (Lipinski definition) is 1. The Morgan fingerprint density at radius 3 is 2.45 bits per heavy atom. The summed E-state index contributed by atoms with van der Waals surface area (Å²) in [7, 11) is 0. The van der Waals surface area contributed by atoms with Crippen molar-refractivity contribution in [1.82, 2.24) is 19.6 Å². The number of hydrogen-bond acceptors (Lipinski definition) is 3. The van der Waals surface area contributed by atoms with Gasteiger partial charge >= 0.3 is 6.18 Å². The number of nitrogens with one attached hydrogen (secondary N) is 1. The molecule has 1 N–H and O–H groups in total. The fourth-order valence-corrected chi connectivity index (χ4v) is 3.15. The van der Waals surface area contributed by atoms with Gasteiger partial charge in [0.15, 0.2) is 11.5 Å². The van der Waals surface area contributed by atoms with Crippen LogP contribution in [0, 0.1) is 6.92 Å². The Morgan fingerprint density at radius 2 is 1.86 bits per heavy atom. The van der Waals surface area contributed by atoms with Gasteiger partial charge in [-0.25, -0.2) is 0 Å². The van der Waals surface area contributed by atoms with E-state index in [-0.39, 0.29) is 16.5 Å². The van der Waals surface area contributed by atoms with Gasteiger partial charge in [0.2, 0.25) is 5.91 Å². The molecule has 0 aliphatic rings. The van der Waals surface area contributed by atoms with Gasteiger partial charge in [0, 0.05) is 6.20 Å². The normalized spacial score (nSPS) is 12.8. The summed E-state index contributed by atoms with van der Waals surface area (Å²) in [6, 6.07) is 8.42. The Morgan fingerprint density at radius 1 is 1.21 bits per heavy atom. The summed E-state index contributed by atoms with van der Waals surface area (Å²) >= 11 is 11.9. The number of halogens is 5. The maximum Gasteiger partial charge on any atom is 0.436 e. The maximum absolute atomic E-state index is 13.0. The van der Waals surface area contributed by atoms with Crippen molar-refractivity contribution in [2.45, 2.75) is 32.6 Å². The van der Waals surface area contributed by atoms with Crippen LogP contribution in [0.3, 0.4) is 0 Å². The summed E-state index contributed by atoms with van der Waals surface area (Å²) in [6.45, 7) is 3.20. The number of alkyl halides is 3. The number of benzene rings is 1. The van der Waals surface area contributed by atoms with Crippen LogP contribution in [0.5, 0.6) is 0 Å². The third kappa shape index (κ3) is 4.56. The fourth-order valence-electron chi connectivity index (χ4n) is 2.72. The third-order valence-corrected chi connectivity index (χ3v) is 4.97. The molecule has 0 radical (unpaired) electrons. The number of anilines is 1. The molecular formula is C18H16Cl2F3N5O. The van der Waals surface area contributed by atoms with E-state index >= 15 is 0 Å². The van der Waals surface area contributed by atoms with Crippen molar-refractivity contribution in [2.75, 3.05) is 5.32 Å². The molecule has 2 heterocycles. The van der Waals surface area contributed by atoms with Crippen molar-refractivity contribution in [3.8, 4) is 0 Å². The average Bonchev–Trinajstić information content (AvgIpc) is 3.14. The van der Waals surface area contributed by atoms with Gasteiger partial charge in [-0.2, -0.15) is 23.4 Å². The molecule has 1 unspecified atom stereocenters. The number of carbonyl (C=O) groups excluding carboxylic acids is 1. The van der Waals surface area contributed by atoms with Crippen LogP contribution in [0.15, 0.2) is 36.5 Å². The van der Waals surface area contributed by atoms with Crippen LogP contribution in [0.2, 0.25) is 10.0 Å². The van der Waals surface area contributed by atoms with Crippen LogP contribution >= 0.6 is 23.2 Å². The van der Waals surface area contributed by atoms with Gasteiger partial charge in [0.1, 0.15) is 11.1 Å². The zero-order valence-electron chi connectivity index (χ0n) is 15.3. The predicted molar refractivity (Wildman–Crippen MR) is 103 cm³/mol. The molecule has 0 saturated carbocycles. The number of amides is 1. The number of aromatic nitrogens is 4. The quantitative estimate of drug-likeness (QED) is 0.603. The first-order chi connectivity index (χ1) is 13.6. The van der Waals surface area contributed by atoms with E-state index in [9.17, 15) is 18.0 Å². The van der Waals surface area contributed by atoms with Crippen LogP contribution in [-0.2, 0) is 17.5 Å². The van der Waals surface area contributed by atoms with Gasteiger partial charge in [-0.05, 0) is 19.4 Å². The van der Waals surface area contributed by atoms with Gasteiger partial charge in [-0.15, -0.1) is 0 Å². The van der Waals surface area contributed by atoms with Crippen LogP contribution < -0.4 is 5.32 Å². The molecule has 1 amide bonds. The average molecular weight is 446 g/mol. The molecule has 1 aromatic carbocycles. The molecule has 0 aliphatic heterocycles. The van der Waals surface area contributed by atoms with E-state index in [0.717, 1.165) is 10.2 Å². The number of nitrogens with zero attached hydrogens (tertiary/aromatic N) is 4. The summed E-state index contributed by atoms with van der Waals surface area (Å²) in [6.07, 6.45) is -3.17. The Bertz CT molecular complexity index is 1030. The highest BCUT2D eigenvalue weighted by molar-refractivity contribution is 6.33. The lowest BCUT2D eigenvalue weighted by molar-refractivity contribution is -0.141. The second-order valence-corrected chi connectivity index (χ2v) is 7.15. The SMILES string of the molecule is Cc1c(Cl)c(C(F)(F)F)nn1C(C)C(=O)Nc1nn(Cc2ccccc2)cc1Cl. The molecule has 3 rings (SSSR count). The molecule has 6 nitrogen and oxygen atoms in total. The minimum absolute atomic E-state index is 0.0299. The van der Waals surface area contributed by atoms with E-state index in [1.807, 2.05) is 30.3 Å².